The molecule has 2 aliphatic heterocycles. The van der Waals surface area contributed by atoms with Gasteiger partial charge in [0.25, 0.3) is 0 Å². The third kappa shape index (κ3) is 7.46. The van der Waals surface area contributed by atoms with Crippen LogP contribution >= 0.6 is 40.0 Å². The van der Waals surface area contributed by atoms with Crippen molar-refractivity contribution in [2.75, 3.05) is 49.8 Å². The summed E-state index contributed by atoms with van der Waals surface area (Å²) in [6.07, 6.45) is 5.36. The SMILES string of the molecule is C.CC[C@@]1(C)CNCCN1c1nn(C2CC3(C2)CN(C=O)C3)c(C#N)c1-c1c(Cl)c(C)cc(NPI)c1C=N.COC(C)(C)C. The quantitative estimate of drug-likeness (QED) is 0.113. The molecule has 3 N–H and O–H groups in total. The molecule has 13 heteroatoms. The van der Waals surface area contributed by atoms with Crippen LogP contribution in [0.25, 0.3) is 11.1 Å². The van der Waals surface area contributed by atoms with Gasteiger partial charge in [-0.3, -0.25) is 4.79 Å². The molecule has 1 unspecified atom stereocenters. The maximum absolute atomic E-state index is 11.1. The fraction of sp³-hybridized carbons (Fsp3) is 0.625. The van der Waals surface area contributed by atoms with Crippen LogP contribution in [0.3, 0.4) is 0 Å². The zero-order chi connectivity index (χ0) is 32.4. The van der Waals surface area contributed by atoms with Gasteiger partial charge in [0.2, 0.25) is 6.41 Å². The van der Waals surface area contributed by atoms with Gasteiger partial charge < -0.3 is 30.4 Å². The van der Waals surface area contributed by atoms with Crippen molar-refractivity contribution in [2.45, 2.75) is 85.4 Å². The number of aromatic nitrogens is 2. The number of carbonyl (C=O) groups excluding carboxylic acids is 1. The van der Waals surface area contributed by atoms with Crippen molar-refractivity contribution >= 4 is 64.1 Å². The molecule has 3 fully saturated rings. The van der Waals surface area contributed by atoms with E-state index in [0.29, 0.717) is 33.8 Å². The number of nitrogens with one attached hydrogen (secondary N) is 3. The molecule has 2 aromatic rings. The highest BCUT2D eigenvalue weighted by atomic mass is 127. The molecule has 2 saturated heterocycles. The number of likely N-dealkylation sites (tertiary alicyclic amines) is 1. The molecule has 10 nitrogen and oxygen atoms in total. The van der Waals surface area contributed by atoms with Gasteiger partial charge in [0.15, 0.2) is 5.82 Å². The molecule has 0 bridgehead atoms. The molecule has 3 heterocycles. The molecule has 1 amide bonds. The number of halogens is 2. The van der Waals surface area contributed by atoms with Crippen LogP contribution in [0.15, 0.2) is 6.07 Å². The minimum absolute atomic E-state index is 0. The fourth-order valence-electron chi connectivity index (χ4n) is 6.42. The number of piperazine rings is 1. The highest BCUT2D eigenvalue weighted by Crippen LogP contribution is 2.55. The number of aryl methyl sites for hydroxylation is 1. The van der Waals surface area contributed by atoms with Gasteiger partial charge in [-0.2, -0.15) is 10.4 Å². The summed E-state index contributed by atoms with van der Waals surface area (Å²) >= 11 is 9.30. The zero-order valence-electron chi connectivity index (χ0n) is 26.8. The summed E-state index contributed by atoms with van der Waals surface area (Å²) in [5, 5.41) is 31.6. The largest absolute Gasteiger partial charge is 0.379 e. The molecule has 1 spiro atoms. The number of ether oxygens (including phenoxy) is 1. The summed E-state index contributed by atoms with van der Waals surface area (Å²) < 4.78 is 6.85. The van der Waals surface area contributed by atoms with Gasteiger partial charge in [0.1, 0.15) is 11.8 Å². The minimum atomic E-state index is -0.190. The Labute approximate surface area is 288 Å². The second kappa shape index (κ2) is 14.8. The number of anilines is 2. The molecule has 5 rings (SSSR count). The summed E-state index contributed by atoms with van der Waals surface area (Å²) in [4.78, 5) is 15.3. The second-order valence-corrected chi connectivity index (χ2v) is 15.8. The van der Waals surface area contributed by atoms with Crippen LogP contribution in [0, 0.1) is 29.1 Å². The number of carbonyl (C=O) groups is 1. The average molecular weight is 771 g/mol. The van der Waals surface area contributed by atoms with E-state index in [0.717, 1.165) is 75.5 Å². The molecule has 3 aliphatic rings. The Hall–Kier alpha value is -1.97. The third-order valence-electron chi connectivity index (χ3n) is 9.27. The van der Waals surface area contributed by atoms with E-state index in [1.54, 1.807) is 12.0 Å². The molecule has 1 aliphatic carbocycles. The number of amides is 1. The lowest BCUT2D eigenvalue weighted by molar-refractivity contribution is -0.140. The van der Waals surface area contributed by atoms with Gasteiger partial charge >= 0.3 is 0 Å². The molecular weight excluding hydrogens is 722 g/mol. The Morgan fingerprint density at radius 1 is 1.36 bits per heavy atom. The van der Waals surface area contributed by atoms with Crippen molar-refractivity contribution in [2.24, 2.45) is 5.41 Å². The van der Waals surface area contributed by atoms with Crippen molar-refractivity contribution in [3.63, 3.8) is 0 Å². The van der Waals surface area contributed by atoms with Crippen LogP contribution < -0.4 is 15.3 Å². The van der Waals surface area contributed by atoms with Crippen LogP contribution in [0.2, 0.25) is 5.02 Å². The predicted octanol–water partition coefficient (Wildman–Crippen LogP) is 7.18. The van der Waals surface area contributed by atoms with Crippen molar-refractivity contribution in [1.29, 1.82) is 10.7 Å². The van der Waals surface area contributed by atoms with Gasteiger partial charge in [-0.05, 0) is 87.6 Å². The van der Waals surface area contributed by atoms with Crippen LogP contribution in [-0.4, -0.2) is 78.3 Å². The molecule has 248 valence electrons. The maximum Gasteiger partial charge on any atom is 0.209 e. The fourth-order valence-corrected chi connectivity index (χ4v) is 7.85. The number of nitrogens with zero attached hydrogens (tertiary/aromatic N) is 5. The molecule has 1 aromatic heterocycles. The van der Waals surface area contributed by atoms with E-state index in [1.165, 1.54) is 6.21 Å². The molecule has 2 atom stereocenters. The first-order valence-corrected chi connectivity index (χ1v) is 19.5. The van der Waals surface area contributed by atoms with E-state index >= 15 is 0 Å². The zero-order valence-corrected chi connectivity index (χ0v) is 30.7. The molecular formula is C32H49ClIN8O2P. The molecule has 1 saturated carbocycles. The Morgan fingerprint density at radius 3 is 2.51 bits per heavy atom. The van der Waals surface area contributed by atoms with Gasteiger partial charge in [-0.15, -0.1) is 0 Å². The van der Waals surface area contributed by atoms with Gasteiger partial charge in [0.05, 0.1) is 27.8 Å². The Morgan fingerprint density at radius 2 is 2.00 bits per heavy atom. The number of rotatable bonds is 8. The Kier molecular flexibility index (Phi) is 12.4. The number of hydrogen-bond acceptors (Lipinski definition) is 8. The third-order valence-corrected chi connectivity index (χ3v) is 10.9. The highest BCUT2D eigenvalue weighted by Gasteiger charge is 2.54. The highest BCUT2D eigenvalue weighted by molar-refractivity contribution is 14.2. The summed E-state index contributed by atoms with van der Waals surface area (Å²) in [6.45, 7) is 16.4. The number of methoxy groups -OCH3 is 1. The monoisotopic (exact) mass is 770 g/mol. The smallest absolute Gasteiger partial charge is 0.209 e. The number of hydrogen-bond donors (Lipinski definition) is 3. The second-order valence-electron chi connectivity index (χ2n) is 13.4. The van der Waals surface area contributed by atoms with Crippen LogP contribution in [0.4, 0.5) is 11.5 Å². The van der Waals surface area contributed by atoms with Crippen molar-refractivity contribution in [3.05, 3.63) is 27.9 Å². The van der Waals surface area contributed by atoms with Gasteiger partial charge in [-0.1, -0.05) is 26.0 Å². The van der Waals surface area contributed by atoms with E-state index in [-0.39, 0.29) is 30.0 Å². The van der Waals surface area contributed by atoms with E-state index < -0.39 is 0 Å². The van der Waals surface area contributed by atoms with Crippen LogP contribution in [0.5, 0.6) is 0 Å². The Bertz CT molecular complexity index is 1420. The Balaban J connectivity index is 0.000000720. The van der Waals surface area contributed by atoms with Crippen molar-refractivity contribution in [3.8, 4) is 17.2 Å². The molecule has 0 radical (unpaired) electrons. The maximum atomic E-state index is 11.1. The standard InChI is InChI=1S/C26H33ClIN8OP.C5H12O.CH4/c1-4-25(3)12-31-5-6-35(25)24-22(21-18(10-29)19(33-38-28)7-16(2)23(21)27)20(11-30)36(32-24)17-8-26(9-17)13-34(14-26)15-37;1-5(2,3)6-4;/h7,10,15,17,29,31,33,38H,4-6,8-9,12-14H2,1-3H3;1-4H3;1H4/t25-;;/m0../s1. The van der Waals surface area contributed by atoms with Gasteiger partial charge in [-0.25, -0.2) is 4.68 Å². The minimum Gasteiger partial charge on any atom is -0.379 e. The number of nitriles is 1. The van der Waals surface area contributed by atoms with E-state index in [1.807, 2.05) is 38.4 Å². The van der Waals surface area contributed by atoms with E-state index in [4.69, 9.17) is 26.8 Å². The first-order chi connectivity index (χ1) is 20.8. The average Bonchev–Trinajstić information content (AvgIpc) is 3.32. The lowest BCUT2D eigenvalue weighted by Crippen LogP contribution is -2.62. The van der Waals surface area contributed by atoms with Crippen molar-refractivity contribution < 1.29 is 9.53 Å². The lowest BCUT2D eigenvalue weighted by Gasteiger charge is -2.57. The predicted molar refractivity (Wildman–Crippen MR) is 197 cm³/mol. The summed E-state index contributed by atoms with van der Waals surface area (Å²) in [6, 6.07) is 4.54. The van der Waals surface area contributed by atoms with E-state index in [9.17, 15) is 10.1 Å². The van der Waals surface area contributed by atoms with Crippen molar-refractivity contribution in [1.82, 2.24) is 20.0 Å². The number of benzene rings is 1. The van der Waals surface area contributed by atoms with Crippen LogP contribution in [0.1, 0.15) is 84.2 Å². The summed E-state index contributed by atoms with van der Waals surface area (Å²) in [7, 11) is 1.71. The molecule has 45 heavy (non-hydrogen) atoms. The first-order valence-electron chi connectivity index (χ1n) is 15.0. The summed E-state index contributed by atoms with van der Waals surface area (Å²) in [5.74, 6) is 0.759. The van der Waals surface area contributed by atoms with Gasteiger partial charge in [0, 0.05) is 74.7 Å². The summed E-state index contributed by atoms with van der Waals surface area (Å²) in [5.41, 5.74) is 4.26. The normalized spacial score (nSPS) is 20.9. The lowest BCUT2D eigenvalue weighted by atomic mass is 9.61. The van der Waals surface area contributed by atoms with E-state index in [2.05, 4.69) is 57.3 Å². The topological polar surface area (TPSA) is 122 Å². The van der Waals surface area contributed by atoms with Crippen LogP contribution in [-0.2, 0) is 9.53 Å². The first kappa shape index (κ1) is 37.5. The molecule has 1 aromatic carbocycles.